The molecule has 0 aliphatic carbocycles. The van der Waals surface area contributed by atoms with Crippen LogP contribution in [0.25, 0.3) is 0 Å². The maximum Gasteiger partial charge on any atom is 0.358 e. The maximum atomic E-state index is 11.5. The summed E-state index contributed by atoms with van der Waals surface area (Å²) in [7, 11) is 2.89. The number of aromatic nitrogens is 1. The van der Waals surface area contributed by atoms with Gasteiger partial charge in [0.15, 0.2) is 16.6 Å². The van der Waals surface area contributed by atoms with E-state index in [4.69, 9.17) is 4.74 Å². The number of nitrogens with one attached hydrogen (secondary N) is 1. The highest BCUT2D eigenvalue weighted by molar-refractivity contribution is 7.17. The lowest BCUT2D eigenvalue weighted by Gasteiger charge is -2.00. The molecule has 0 atom stereocenters. The van der Waals surface area contributed by atoms with Gasteiger partial charge in [0, 0.05) is 27.2 Å². The second kappa shape index (κ2) is 7.07. The Morgan fingerprint density at radius 2 is 2.11 bits per heavy atom. The van der Waals surface area contributed by atoms with E-state index in [1.807, 2.05) is 0 Å². The number of hydrogen-bond acceptors (Lipinski definition) is 7. The summed E-state index contributed by atoms with van der Waals surface area (Å²) in [4.78, 5) is 27.2. The third-order valence-electron chi connectivity index (χ3n) is 2.13. The molecule has 1 aromatic heterocycles. The molecule has 1 aromatic rings. The molecule has 0 saturated heterocycles. The summed E-state index contributed by atoms with van der Waals surface area (Å²) in [6, 6.07) is 0. The van der Waals surface area contributed by atoms with Gasteiger partial charge in [-0.25, -0.2) is 9.78 Å². The normalized spacial score (nSPS) is 10.2. The molecule has 0 spiro atoms. The van der Waals surface area contributed by atoms with Crippen molar-refractivity contribution in [2.45, 2.75) is 13.3 Å². The third-order valence-corrected chi connectivity index (χ3v) is 3.24. The van der Waals surface area contributed by atoms with Gasteiger partial charge in [-0.15, -0.1) is 0 Å². The molecule has 1 N–H and O–H groups in total. The Hall–Kier alpha value is -1.47. The van der Waals surface area contributed by atoms with Gasteiger partial charge >= 0.3 is 5.97 Å². The minimum absolute atomic E-state index is 0.0734. The first kappa shape index (κ1) is 14.6. The first-order valence-electron chi connectivity index (χ1n) is 5.43. The number of thiazole rings is 1. The van der Waals surface area contributed by atoms with Crippen molar-refractivity contribution in [2.24, 2.45) is 0 Å². The molecule has 0 saturated carbocycles. The Kier molecular flexibility index (Phi) is 5.73. The maximum absolute atomic E-state index is 11.5. The van der Waals surface area contributed by atoms with Gasteiger partial charge in [-0.2, -0.15) is 0 Å². The molecule has 0 amide bonds. The van der Waals surface area contributed by atoms with E-state index in [0.717, 1.165) is 17.8 Å². The van der Waals surface area contributed by atoms with E-state index in [2.05, 4.69) is 15.0 Å². The number of Topliss-reactive ketones (excluding diaryl/α,β-unsaturated/α-hetero) is 1. The minimum Gasteiger partial charge on any atom is -0.464 e. The molecule has 6 nitrogen and oxygen atoms in total. The monoisotopic (exact) mass is 272 g/mol. The van der Waals surface area contributed by atoms with Crippen LogP contribution in [0.3, 0.4) is 0 Å². The summed E-state index contributed by atoms with van der Waals surface area (Å²) < 4.78 is 9.51. The molecule has 0 unspecified atom stereocenters. The molecule has 0 bridgehead atoms. The summed E-state index contributed by atoms with van der Waals surface area (Å²) in [6.45, 7) is 2.70. The SMILES string of the molecule is COCCCNc1nc(C(=O)OC)c(C(C)=O)s1. The van der Waals surface area contributed by atoms with E-state index in [0.29, 0.717) is 23.2 Å². The van der Waals surface area contributed by atoms with Crippen molar-refractivity contribution in [1.82, 2.24) is 4.98 Å². The molecule has 0 aliphatic heterocycles. The van der Waals surface area contributed by atoms with E-state index in [1.54, 1.807) is 7.11 Å². The van der Waals surface area contributed by atoms with E-state index in [9.17, 15) is 9.59 Å². The number of nitrogens with zero attached hydrogens (tertiary/aromatic N) is 1. The van der Waals surface area contributed by atoms with Crippen molar-refractivity contribution in [3.8, 4) is 0 Å². The average Bonchev–Trinajstić information content (AvgIpc) is 2.78. The molecule has 18 heavy (non-hydrogen) atoms. The number of hydrogen-bond donors (Lipinski definition) is 1. The molecule has 0 fully saturated rings. The summed E-state index contributed by atoms with van der Waals surface area (Å²) in [5.74, 6) is -0.792. The van der Waals surface area contributed by atoms with Crippen molar-refractivity contribution in [1.29, 1.82) is 0 Å². The Morgan fingerprint density at radius 1 is 1.39 bits per heavy atom. The van der Waals surface area contributed by atoms with Gasteiger partial charge in [0.25, 0.3) is 0 Å². The first-order valence-corrected chi connectivity index (χ1v) is 6.24. The molecular formula is C11H16N2O4S. The average molecular weight is 272 g/mol. The lowest BCUT2D eigenvalue weighted by Crippen LogP contribution is -2.08. The smallest absolute Gasteiger partial charge is 0.358 e. The second-order valence-electron chi connectivity index (χ2n) is 3.52. The summed E-state index contributed by atoms with van der Waals surface area (Å²) in [5, 5.41) is 3.58. The number of ketones is 1. The molecule has 100 valence electrons. The number of anilines is 1. The highest BCUT2D eigenvalue weighted by Gasteiger charge is 2.21. The van der Waals surface area contributed by atoms with Crippen LogP contribution in [0.4, 0.5) is 5.13 Å². The number of methoxy groups -OCH3 is 2. The van der Waals surface area contributed by atoms with Crippen LogP contribution in [-0.4, -0.2) is 44.1 Å². The second-order valence-corrected chi connectivity index (χ2v) is 4.52. The zero-order valence-electron chi connectivity index (χ0n) is 10.6. The van der Waals surface area contributed by atoms with Crippen LogP contribution >= 0.6 is 11.3 Å². The van der Waals surface area contributed by atoms with Gasteiger partial charge in [0.2, 0.25) is 0 Å². The number of rotatable bonds is 7. The summed E-state index contributed by atoms with van der Waals surface area (Å²) >= 11 is 1.16. The molecule has 0 aromatic carbocycles. The van der Waals surface area contributed by atoms with Gasteiger partial charge in [-0.3, -0.25) is 4.79 Å². The van der Waals surface area contributed by atoms with Gasteiger partial charge in [0.1, 0.15) is 4.88 Å². The Morgan fingerprint density at radius 3 is 2.67 bits per heavy atom. The number of carbonyl (C=O) groups is 2. The van der Waals surface area contributed by atoms with E-state index in [-0.39, 0.29) is 11.5 Å². The predicted molar refractivity (Wildman–Crippen MR) is 68.4 cm³/mol. The Balaban J connectivity index is 2.76. The van der Waals surface area contributed by atoms with Gasteiger partial charge in [-0.05, 0) is 6.42 Å². The van der Waals surface area contributed by atoms with Crippen molar-refractivity contribution in [3.63, 3.8) is 0 Å². The zero-order chi connectivity index (χ0) is 13.5. The van der Waals surface area contributed by atoms with Crippen molar-refractivity contribution in [2.75, 3.05) is 32.7 Å². The van der Waals surface area contributed by atoms with Crippen LogP contribution in [0.5, 0.6) is 0 Å². The third kappa shape index (κ3) is 3.78. The standard InChI is InChI=1S/C11H16N2O4S/c1-7(14)9-8(10(15)17-3)13-11(18-9)12-5-4-6-16-2/h4-6H2,1-3H3,(H,12,13). The topological polar surface area (TPSA) is 77.5 Å². The highest BCUT2D eigenvalue weighted by Crippen LogP contribution is 2.24. The minimum atomic E-state index is -0.596. The highest BCUT2D eigenvalue weighted by atomic mass is 32.1. The van der Waals surface area contributed by atoms with Crippen LogP contribution in [-0.2, 0) is 9.47 Å². The van der Waals surface area contributed by atoms with Gasteiger partial charge < -0.3 is 14.8 Å². The summed E-state index contributed by atoms with van der Waals surface area (Å²) in [6.07, 6.45) is 0.818. The van der Waals surface area contributed by atoms with Crippen LogP contribution in [0.2, 0.25) is 0 Å². The van der Waals surface area contributed by atoms with Crippen LogP contribution in [0.15, 0.2) is 0 Å². The van der Waals surface area contributed by atoms with Crippen LogP contribution in [0, 0.1) is 0 Å². The molecular weight excluding hydrogens is 256 g/mol. The fourth-order valence-corrected chi connectivity index (χ4v) is 2.16. The Bertz CT molecular complexity index is 431. The number of esters is 1. The van der Waals surface area contributed by atoms with Gasteiger partial charge in [-0.1, -0.05) is 11.3 Å². The summed E-state index contributed by atoms with van der Waals surface area (Å²) in [5.41, 5.74) is 0.0734. The van der Waals surface area contributed by atoms with Crippen LogP contribution < -0.4 is 5.32 Å². The molecule has 1 rings (SSSR count). The van der Waals surface area contributed by atoms with Crippen molar-refractivity contribution >= 4 is 28.2 Å². The molecule has 1 heterocycles. The largest absolute Gasteiger partial charge is 0.464 e. The first-order chi connectivity index (χ1) is 8.60. The lowest BCUT2D eigenvalue weighted by molar-refractivity contribution is 0.0591. The quantitative estimate of drug-likeness (QED) is 0.461. The van der Waals surface area contributed by atoms with E-state index >= 15 is 0 Å². The number of ether oxygens (including phenoxy) is 2. The molecule has 0 radical (unpaired) electrons. The van der Waals surface area contributed by atoms with Crippen molar-refractivity contribution in [3.05, 3.63) is 10.6 Å². The number of carbonyl (C=O) groups excluding carboxylic acids is 2. The predicted octanol–water partition coefficient (Wildman–Crippen LogP) is 1.58. The zero-order valence-corrected chi connectivity index (χ0v) is 11.4. The fourth-order valence-electron chi connectivity index (χ4n) is 1.28. The van der Waals surface area contributed by atoms with Crippen LogP contribution in [0.1, 0.15) is 33.5 Å². The lowest BCUT2D eigenvalue weighted by atomic mass is 10.3. The van der Waals surface area contributed by atoms with Crippen molar-refractivity contribution < 1.29 is 19.1 Å². The van der Waals surface area contributed by atoms with E-state index < -0.39 is 5.97 Å². The molecule has 0 aliphatic rings. The molecule has 7 heteroatoms. The Labute approximate surface area is 109 Å². The van der Waals surface area contributed by atoms with E-state index in [1.165, 1.54) is 14.0 Å². The fraction of sp³-hybridized carbons (Fsp3) is 0.545. The van der Waals surface area contributed by atoms with Gasteiger partial charge in [0.05, 0.1) is 7.11 Å².